The molecule has 0 aromatic carbocycles. The van der Waals surface area contributed by atoms with Crippen LogP contribution in [0.5, 0.6) is 0 Å². The molecular formula is C18H26N4OS. The van der Waals surface area contributed by atoms with Gasteiger partial charge in [-0.3, -0.25) is 4.79 Å². The van der Waals surface area contributed by atoms with Crippen LogP contribution in [-0.4, -0.2) is 35.0 Å². The average Bonchev–Trinajstić information content (AvgIpc) is 2.89. The Morgan fingerprint density at radius 2 is 2.08 bits per heavy atom. The molecule has 1 amide bonds. The van der Waals surface area contributed by atoms with Crippen molar-refractivity contribution in [3.05, 3.63) is 16.8 Å². The molecule has 24 heavy (non-hydrogen) atoms. The lowest BCUT2D eigenvalue weighted by Crippen LogP contribution is -2.43. The van der Waals surface area contributed by atoms with Crippen molar-refractivity contribution in [2.75, 3.05) is 18.0 Å². The van der Waals surface area contributed by atoms with Gasteiger partial charge in [0, 0.05) is 29.9 Å². The molecule has 2 aromatic heterocycles. The van der Waals surface area contributed by atoms with Gasteiger partial charge in [0.15, 0.2) is 0 Å². The van der Waals surface area contributed by atoms with Gasteiger partial charge in [0.1, 0.15) is 17.0 Å². The maximum atomic E-state index is 12.3. The predicted molar refractivity (Wildman–Crippen MR) is 99.7 cm³/mol. The predicted octanol–water partition coefficient (Wildman–Crippen LogP) is 3.44. The van der Waals surface area contributed by atoms with E-state index in [1.807, 2.05) is 0 Å². The Morgan fingerprint density at radius 3 is 2.75 bits per heavy atom. The largest absolute Gasteiger partial charge is 0.356 e. The zero-order valence-electron chi connectivity index (χ0n) is 14.9. The minimum absolute atomic E-state index is 0.123. The molecule has 0 bridgehead atoms. The van der Waals surface area contributed by atoms with Crippen LogP contribution < -0.4 is 10.2 Å². The molecule has 0 spiro atoms. The first-order chi connectivity index (χ1) is 11.5. The zero-order valence-corrected chi connectivity index (χ0v) is 15.7. The van der Waals surface area contributed by atoms with Gasteiger partial charge in [-0.1, -0.05) is 6.92 Å². The van der Waals surface area contributed by atoms with Crippen LogP contribution in [-0.2, 0) is 4.79 Å². The van der Waals surface area contributed by atoms with Gasteiger partial charge >= 0.3 is 0 Å². The fraction of sp³-hybridized carbons (Fsp3) is 0.611. The zero-order chi connectivity index (χ0) is 17.3. The number of aromatic nitrogens is 2. The second-order valence-electron chi connectivity index (χ2n) is 6.74. The van der Waals surface area contributed by atoms with Gasteiger partial charge in [-0.25, -0.2) is 9.97 Å². The number of hydrogen-bond acceptors (Lipinski definition) is 5. The molecule has 1 N–H and O–H groups in total. The maximum absolute atomic E-state index is 12.3. The quantitative estimate of drug-likeness (QED) is 0.921. The van der Waals surface area contributed by atoms with Gasteiger partial charge in [-0.05, 0) is 45.6 Å². The summed E-state index contributed by atoms with van der Waals surface area (Å²) in [7, 11) is 0. The SMILES string of the molecule is CC[C@H](C)NC(=O)C1CCN(c2ncnc3sc(C)c(C)c23)CC1. The highest BCUT2D eigenvalue weighted by Gasteiger charge is 2.27. The van der Waals surface area contributed by atoms with Crippen molar-refractivity contribution in [2.24, 2.45) is 5.92 Å². The minimum Gasteiger partial charge on any atom is -0.356 e. The van der Waals surface area contributed by atoms with E-state index in [2.05, 4.69) is 47.9 Å². The number of carbonyl (C=O) groups excluding carboxylic acids is 1. The first-order valence-corrected chi connectivity index (χ1v) is 9.59. The van der Waals surface area contributed by atoms with Gasteiger partial charge in [-0.2, -0.15) is 0 Å². The number of hydrogen-bond donors (Lipinski definition) is 1. The lowest BCUT2D eigenvalue weighted by atomic mass is 9.95. The molecule has 5 nitrogen and oxygen atoms in total. The van der Waals surface area contributed by atoms with Crippen molar-refractivity contribution in [2.45, 2.75) is 53.0 Å². The summed E-state index contributed by atoms with van der Waals surface area (Å²) in [6.45, 7) is 10.2. The van der Waals surface area contributed by atoms with E-state index in [1.54, 1.807) is 17.7 Å². The van der Waals surface area contributed by atoms with Gasteiger partial charge in [0.2, 0.25) is 5.91 Å². The van der Waals surface area contributed by atoms with Crippen molar-refractivity contribution in [3.63, 3.8) is 0 Å². The van der Waals surface area contributed by atoms with E-state index < -0.39 is 0 Å². The van der Waals surface area contributed by atoms with E-state index in [0.717, 1.165) is 43.0 Å². The lowest BCUT2D eigenvalue weighted by molar-refractivity contribution is -0.126. The number of piperidine rings is 1. The summed E-state index contributed by atoms with van der Waals surface area (Å²) in [5.41, 5.74) is 1.28. The molecule has 1 aliphatic rings. The molecule has 6 heteroatoms. The fourth-order valence-electron chi connectivity index (χ4n) is 3.22. The van der Waals surface area contributed by atoms with Gasteiger partial charge in [0.25, 0.3) is 0 Å². The Labute approximate surface area is 147 Å². The lowest BCUT2D eigenvalue weighted by Gasteiger charge is -2.33. The Hall–Kier alpha value is -1.69. The molecule has 1 fully saturated rings. The van der Waals surface area contributed by atoms with E-state index in [4.69, 9.17) is 0 Å². The Morgan fingerprint density at radius 1 is 1.38 bits per heavy atom. The Bertz CT molecular complexity index is 734. The number of amides is 1. The number of aryl methyl sites for hydroxylation is 2. The third kappa shape index (κ3) is 3.24. The third-order valence-electron chi connectivity index (χ3n) is 5.11. The number of nitrogens with zero attached hydrogens (tertiary/aromatic N) is 3. The summed E-state index contributed by atoms with van der Waals surface area (Å²) in [6.07, 6.45) is 4.40. The summed E-state index contributed by atoms with van der Waals surface area (Å²) >= 11 is 1.73. The summed E-state index contributed by atoms with van der Waals surface area (Å²) in [6, 6.07) is 0.258. The van der Waals surface area contributed by atoms with Crippen LogP contribution in [0.4, 0.5) is 5.82 Å². The Kier molecular flexibility index (Phi) is 5.04. The number of carbonyl (C=O) groups is 1. The van der Waals surface area contributed by atoms with Crippen LogP contribution in [0.3, 0.4) is 0 Å². The second kappa shape index (κ2) is 7.05. The van der Waals surface area contributed by atoms with Crippen LogP contribution in [0.25, 0.3) is 10.2 Å². The number of rotatable bonds is 4. The molecule has 3 heterocycles. The van der Waals surface area contributed by atoms with E-state index in [0.29, 0.717) is 0 Å². The molecule has 130 valence electrons. The van der Waals surface area contributed by atoms with Crippen LogP contribution in [0.15, 0.2) is 6.33 Å². The first-order valence-electron chi connectivity index (χ1n) is 8.77. The summed E-state index contributed by atoms with van der Waals surface area (Å²) in [5.74, 6) is 1.36. The monoisotopic (exact) mass is 346 g/mol. The summed E-state index contributed by atoms with van der Waals surface area (Å²) in [5, 5.41) is 4.30. The Balaban J connectivity index is 1.72. The van der Waals surface area contributed by atoms with Gasteiger partial charge in [0.05, 0.1) is 5.39 Å². The molecular weight excluding hydrogens is 320 g/mol. The second-order valence-corrected chi connectivity index (χ2v) is 7.94. The number of thiophene rings is 1. The van der Waals surface area contributed by atoms with E-state index in [9.17, 15) is 4.79 Å². The highest BCUT2D eigenvalue weighted by Crippen LogP contribution is 2.35. The fourth-order valence-corrected chi connectivity index (χ4v) is 4.21. The third-order valence-corrected chi connectivity index (χ3v) is 6.23. The average molecular weight is 347 g/mol. The van der Waals surface area contributed by atoms with Crippen molar-refractivity contribution >= 4 is 33.3 Å². The molecule has 1 aliphatic heterocycles. The van der Waals surface area contributed by atoms with Crippen molar-refractivity contribution < 1.29 is 4.79 Å². The van der Waals surface area contributed by atoms with Crippen molar-refractivity contribution in [1.29, 1.82) is 0 Å². The van der Waals surface area contributed by atoms with Crippen molar-refractivity contribution in [1.82, 2.24) is 15.3 Å². The maximum Gasteiger partial charge on any atom is 0.223 e. The molecule has 0 radical (unpaired) electrons. The van der Waals surface area contributed by atoms with Crippen LogP contribution in [0, 0.1) is 19.8 Å². The van der Waals surface area contributed by atoms with E-state index >= 15 is 0 Å². The summed E-state index contributed by atoms with van der Waals surface area (Å²) < 4.78 is 0. The van der Waals surface area contributed by atoms with Gasteiger partial charge < -0.3 is 10.2 Å². The first kappa shape index (κ1) is 17.1. The molecule has 2 aromatic rings. The van der Waals surface area contributed by atoms with E-state index in [1.165, 1.54) is 15.8 Å². The molecule has 3 rings (SSSR count). The molecule has 1 saturated heterocycles. The minimum atomic E-state index is 0.123. The highest BCUT2D eigenvalue weighted by molar-refractivity contribution is 7.18. The number of fused-ring (bicyclic) bond motifs is 1. The van der Waals surface area contributed by atoms with Crippen LogP contribution in [0.2, 0.25) is 0 Å². The number of anilines is 1. The molecule has 0 aliphatic carbocycles. The van der Waals surface area contributed by atoms with Crippen LogP contribution in [0.1, 0.15) is 43.6 Å². The normalized spacial score (nSPS) is 17.2. The molecule has 0 saturated carbocycles. The summed E-state index contributed by atoms with van der Waals surface area (Å²) in [4.78, 5) is 26.0. The van der Waals surface area contributed by atoms with E-state index in [-0.39, 0.29) is 17.9 Å². The molecule has 0 unspecified atom stereocenters. The smallest absolute Gasteiger partial charge is 0.223 e. The topological polar surface area (TPSA) is 58.1 Å². The highest BCUT2D eigenvalue weighted by atomic mass is 32.1. The van der Waals surface area contributed by atoms with Gasteiger partial charge in [-0.15, -0.1) is 11.3 Å². The van der Waals surface area contributed by atoms with Crippen molar-refractivity contribution in [3.8, 4) is 0 Å². The standard InChI is InChI=1S/C18H26N4OS/c1-5-11(2)21-17(23)14-6-8-22(9-7-14)16-15-12(3)13(4)24-18(15)20-10-19-16/h10-11,14H,5-9H2,1-4H3,(H,21,23)/t11-/m0/s1. The van der Waals surface area contributed by atoms with Crippen LogP contribution >= 0.6 is 11.3 Å². The number of nitrogens with one attached hydrogen (secondary N) is 1. The molecule has 1 atom stereocenters.